The first-order valence-electron chi connectivity index (χ1n) is 9.15. The molecular formula is C19H28N4O3. The maximum Gasteiger partial charge on any atom is 0.410 e. The fourth-order valence-corrected chi connectivity index (χ4v) is 3.38. The molecule has 2 aromatic rings. The first-order chi connectivity index (χ1) is 12.1. The summed E-state index contributed by atoms with van der Waals surface area (Å²) in [6, 6.07) is 1.71. The van der Waals surface area contributed by atoms with Crippen molar-refractivity contribution in [3.8, 4) is 0 Å². The number of aromatic amines is 1. The normalized spacial score (nSPS) is 21.2. The minimum absolute atomic E-state index is 0.105. The molecule has 26 heavy (non-hydrogen) atoms. The van der Waals surface area contributed by atoms with Gasteiger partial charge in [-0.05, 0) is 53.4 Å². The summed E-state index contributed by atoms with van der Waals surface area (Å²) in [5, 5.41) is 3.16. The number of nitrogens with zero attached hydrogens (tertiary/aromatic N) is 3. The predicted octanol–water partition coefficient (Wildman–Crippen LogP) is 3.35. The molecule has 1 N–H and O–H groups in total. The summed E-state index contributed by atoms with van der Waals surface area (Å²) in [5.74, 6) is 0.484. The Labute approximate surface area is 153 Å². The maximum absolute atomic E-state index is 12.7. The van der Waals surface area contributed by atoms with Crippen molar-refractivity contribution in [1.29, 1.82) is 0 Å². The number of carbonyl (C=O) groups excluding carboxylic acids is 1. The van der Waals surface area contributed by atoms with E-state index in [2.05, 4.69) is 17.0 Å². The molecule has 3 rings (SSSR count). The lowest BCUT2D eigenvalue weighted by Crippen LogP contribution is -2.43. The number of amides is 1. The third-order valence-corrected chi connectivity index (χ3v) is 4.96. The smallest absolute Gasteiger partial charge is 0.410 e. The van der Waals surface area contributed by atoms with E-state index in [-0.39, 0.29) is 17.7 Å². The van der Waals surface area contributed by atoms with Crippen LogP contribution in [0.1, 0.15) is 63.5 Å². The quantitative estimate of drug-likeness (QED) is 0.846. The largest absolute Gasteiger partial charge is 0.444 e. The van der Waals surface area contributed by atoms with Crippen LogP contribution in [0.15, 0.2) is 10.9 Å². The Bertz CT molecular complexity index is 891. The fourth-order valence-electron chi connectivity index (χ4n) is 3.38. The van der Waals surface area contributed by atoms with Crippen LogP contribution in [0.5, 0.6) is 0 Å². The van der Waals surface area contributed by atoms with Crippen molar-refractivity contribution in [2.24, 2.45) is 5.92 Å². The van der Waals surface area contributed by atoms with Gasteiger partial charge in [0.1, 0.15) is 5.60 Å². The van der Waals surface area contributed by atoms with Crippen LogP contribution in [0.25, 0.3) is 5.65 Å². The number of ether oxygens (including phenoxy) is 1. The van der Waals surface area contributed by atoms with Gasteiger partial charge in [0.15, 0.2) is 5.65 Å². The van der Waals surface area contributed by atoms with Gasteiger partial charge in [-0.3, -0.25) is 14.8 Å². The number of carbonyl (C=O) groups is 1. The summed E-state index contributed by atoms with van der Waals surface area (Å²) in [7, 11) is 0. The Morgan fingerprint density at radius 3 is 2.69 bits per heavy atom. The highest BCUT2D eigenvalue weighted by Gasteiger charge is 2.35. The van der Waals surface area contributed by atoms with Crippen molar-refractivity contribution in [3.63, 3.8) is 0 Å². The molecular weight excluding hydrogens is 332 g/mol. The summed E-state index contributed by atoms with van der Waals surface area (Å²) in [5.41, 5.74) is 2.09. The number of H-pyrrole nitrogens is 1. The third-order valence-electron chi connectivity index (χ3n) is 4.96. The molecule has 2 atom stereocenters. The van der Waals surface area contributed by atoms with E-state index in [0.717, 1.165) is 24.2 Å². The van der Waals surface area contributed by atoms with Crippen LogP contribution < -0.4 is 5.56 Å². The van der Waals surface area contributed by atoms with E-state index in [4.69, 9.17) is 4.74 Å². The van der Waals surface area contributed by atoms with Crippen LogP contribution >= 0.6 is 0 Å². The van der Waals surface area contributed by atoms with E-state index >= 15 is 0 Å². The predicted molar refractivity (Wildman–Crippen MR) is 99.4 cm³/mol. The van der Waals surface area contributed by atoms with E-state index in [0.29, 0.717) is 23.7 Å². The summed E-state index contributed by atoms with van der Waals surface area (Å²) in [4.78, 5) is 31.5. The monoisotopic (exact) mass is 360 g/mol. The molecule has 0 aliphatic carbocycles. The Kier molecular flexibility index (Phi) is 4.58. The van der Waals surface area contributed by atoms with Gasteiger partial charge in [0, 0.05) is 23.9 Å². The zero-order chi connectivity index (χ0) is 19.2. The standard InChI is InChI=1S/C19H28N4O3/c1-11-7-8-22(18(25)26-19(4,5)6)15(9-11)14-10-16-20-13(3)12(2)17(24)23(16)21-14/h10-11,15,21H,7-9H2,1-6H3. The molecule has 142 valence electrons. The topological polar surface area (TPSA) is 79.7 Å². The van der Waals surface area contributed by atoms with E-state index in [1.165, 1.54) is 4.52 Å². The molecule has 0 spiro atoms. The number of nitrogens with one attached hydrogen (secondary N) is 1. The van der Waals surface area contributed by atoms with Gasteiger partial charge in [-0.15, -0.1) is 0 Å². The first kappa shape index (κ1) is 18.5. The van der Waals surface area contributed by atoms with Crippen LogP contribution in [0.4, 0.5) is 4.79 Å². The SMILES string of the molecule is Cc1nc2cc(C3CC(C)CCN3C(=O)OC(C)(C)C)[nH]n2c(=O)c1C. The molecule has 3 heterocycles. The van der Waals surface area contributed by atoms with Crippen molar-refractivity contribution < 1.29 is 9.53 Å². The summed E-state index contributed by atoms with van der Waals surface area (Å²) in [6.07, 6.45) is 1.44. The molecule has 1 aliphatic heterocycles. The molecule has 0 aromatic carbocycles. The van der Waals surface area contributed by atoms with Gasteiger partial charge in [0.2, 0.25) is 0 Å². The van der Waals surface area contributed by atoms with E-state index in [1.807, 2.05) is 33.8 Å². The molecule has 2 unspecified atom stereocenters. The lowest BCUT2D eigenvalue weighted by molar-refractivity contribution is 0.00450. The van der Waals surface area contributed by atoms with Crippen LogP contribution in [0.2, 0.25) is 0 Å². The number of fused-ring (bicyclic) bond motifs is 1. The highest BCUT2D eigenvalue weighted by molar-refractivity contribution is 5.69. The van der Waals surface area contributed by atoms with Gasteiger partial charge in [-0.25, -0.2) is 14.3 Å². The van der Waals surface area contributed by atoms with Crippen molar-refractivity contribution in [2.75, 3.05) is 6.54 Å². The lowest BCUT2D eigenvalue weighted by atomic mass is 9.91. The van der Waals surface area contributed by atoms with Gasteiger partial charge in [0.25, 0.3) is 5.56 Å². The second-order valence-electron chi connectivity index (χ2n) is 8.35. The van der Waals surface area contributed by atoms with Crippen molar-refractivity contribution in [1.82, 2.24) is 19.5 Å². The number of aryl methyl sites for hydroxylation is 1. The highest BCUT2D eigenvalue weighted by atomic mass is 16.6. The Balaban J connectivity index is 2.01. The number of piperidine rings is 1. The molecule has 7 nitrogen and oxygen atoms in total. The molecule has 1 fully saturated rings. The minimum Gasteiger partial charge on any atom is -0.444 e. The van der Waals surface area contributed by atoms with Gasteiger partial charge in [-0.2, -0.15) is 0 Å². The number of rotatable bonds is 1. The molecule has 1 amide bonds. The van der Waals surface area contributed by atoms with Crippen LogP contribution in [-0.4, -0.2) is 37.7 Å². The highest BCUT2D eigenvalue weighted by Crippen LogP contribution is 2.34. The van der Waals surface area contributed by atoms with Crippen molar-refractivity contribution in [3.05, 3.63) is 33.4 Å². The number of hydrogen-bond acceptors (Lipinski definition) is 4. The van der Waals surface area contributed by atoms with Crippen LogP contribution in [0, 0.1) is 19.8 Å². The molecule has 2 aromatic heterocycles. The van der Waals surface area contributed by atoms with E-state index in [1.54, 1.807) is 11.8 Å². The van der Waals surface area contributed by atoms with Crippen molar-refractivity contribution >= 4 is 11.7 Å². The summed E-state index contributed by atoms with van der Waals surface area (Å²) < 4.78 is 7.05. The summed E-state index contributed by atoms with van der Waals surface area (Å²) in [6.45, 7) is 12.0. The number of aromatic nitrogens is 3. The van der Waals surface area contributed by atoms with Crippen LogP contribution in [0.3, 0.4) is 0 Å². The van der Waals surface area contributed by atoms with E-state index in [9.17, 15) is 9.59 Å². The Hall–Kier alpha value is -2.31. The van der Waals surface area contributed by atoms with E-state index < -0.39 is 5.60 Å². The average molecular weight is 360 g/mol. The molecule has 7 heteroatoms. The fraction of sp³-hybridized carbons (Fsp3) is 0.632. The molecule has 0 radical (unpaired) electrons. The second kappa shape index (κ2) is 6.45. The van der Waals surface area contributed by atoms with Gasteiger partial charge < -0.3 is 4.74 Å². The molecule has 0 saturated carbocycles. The molecule has 1 saturated heterocycles. The third kappa shape index (κ3) is 3.48. The Morgan fingerprint density at radius 1 is 1.35 bits per heavy atom. The molecule has 1 aliphatic rings. The van der Waals surface area contributed by atoms with Crippen molar-refractivity contribution in [2.45, 2.75) is 66.0 Å². The van der Waals surface area contributed by atoms with Gasteiger partial charge >= 0.3 is 6.09 Å². The lowest BCUT2D eigenvalue weighted by Gasteiger charge is -2.38. The molecule has 0 bridgehead atoms. The minimum atomic E-state index is -0.544. The second-order valence-corrected chi connectivity index (χ2v) is 8.35. The van der Waals surface area contributed by atoms with Gasteiger partial charge in [-0.1, -0.05) is 6.92 Å². The maximum atomic E-state index is 12.7. The number of hydrogen-bond donors (Lipinski definition) is 1. The van der Waals surface area contributed by atoms with Gasteiger partial charge in [0.05, 0.1) is 11.7 Å². The zero-order valence-electron chi connectivity index (χ0n) is 16.4. The average Bonchev–Trinajstić information content (AvgIpc) is 2.95. The Morgan fingerprint density at radius 2 is 2.04 bits per heavy atom. The first-order valence-corrected chi connectivity index (χ1v) is 9.15. The number of likely N-dealkylation sites (tertiary alicyclic amines) is 1. The zero-order valence-corrected chi connectivity index (χ0v) is 16.4. The van der Waals surface area contributed by atoms with Crippen LogP contribution in [-0.2, 0) is 4.74 Å². The summed E-state index contributed by atoms with van der Waals surface area (Å²) >= 11 is 0.